The summed E-state index contributed by atoms with van der Waals surface area (Å²) in [6.45, 7) is 0. The van der Waals surface area contributed by atoms with Crippen molar-refractivity contribution in [1.29, 1.82) is 0 Å². The average molecular weight is 400 g/mol. The van der Waals surface area contributed by atoms with Gasteiger partial charge in [-0.05, 0) is 35.9 Å². The summed E-state index contributed by atoms with van der Waals surface area (Å²) in [6.07, 6.45) is 3.36. The Hall–Kier alpha value is -3.17. The molecule has 0 saturated carbocycles. The molecule has 1 N–H and O–H groups in total. The first-order valence-corrected chi connectivity index (χ1v) is 9.73. The molecule has 0 radical (unpaired) electrons. The Bertz CT molecular complexity index is 1100. The van der Waals surface area contributed by atoms with E-state index in [1.165, 1.54) is 20.2 Å². The van der Waals surface area contributed by atoms with Crippen LogP contribution in [0, 0.1) is 0 Å². The van der Waals surface area contributed by atoms with E-state index in [1.54, 1.807) is 37.5 Å². The molecule has 0 saturated heterocycles. The SMILES string of the molecule is COc1ccc(/C=C/c2nc(-c3ccccc3O)n(S(=O)(=O)N(C)C)n2)cc1. The van der Waals surface area contributed by atoms with Crippen LogP contribution < -0.4 is 4.74 Å². The second kappa shape index (κ2) is 7.83. The maximum Gasteiger partial charge on any atom is 0.324 e. The summed E-state index contributed by atoms with van der Waals surface area (Å²) in [4.78, 5) is 4.31. The zero-order chi connectivity index (χ0) is 20.3. The monoisotopic (exact) mass is 400 g/mol. The standard InChI is InChI=1S/C19H20N4O4S/c1-22(2)28(25,26)23-19(16-6-4-5-7-17(16)24)20-18(21-23)13-10-14-8-11-15(27-3)12-9-14/h4-13,24H,1-3H3/b13-10+. The van der Waals surface area contributed by atoms with Gasteiger partial charge in [0.2, 0.25) is 0 Å². The van der Waals surface area contributed by atoms with Crippen LogP contribution in [0.2, 0.25) is 0 Å². The zero-order valence-corrected chi connectivity index (χ0v) is 16.5. The van der Waals surface area contributed by atoms with Crippen LogP contribution in [0.5, 0.6) is 11.5 Å². The van der Waals surface area contributed by atoms with E-state index in [0.717, 1.165) is 19.7 Å². The first-order valence-electron chi connectivity index (χ1n) is 8.33. The molecule has 28 heavy (non-hydrogen) atoms. The smallest absolute Gasteiger partial charge is 0.324 e. The van der Waals surface area contributed by atoms with Crippen molar-refractivity contribution < 1.29 is 18.3 Å². The fourth-order valence-corrected chi connectivity index (χ4v) is 3.27. The Morgan fingerprint density at radius 3 is 2.36 bits per heavy atom. The average Bonchev–Trinajstić information content (AvgIpc) is 3.12. The highest BCUT2D eigenvalue weighted by Gasteiger charge is 2.25. The van der Waals surface area contributed by atoms with Gasteiger partial charge in [0.25, 0.3) is 0 Å². The second-order valence-corrected chi connectivity index (χ2v) is 8.02. The van der Waals surface area contributed by atoms with Gasteiger partial charge in [-0.15, -0.1) is 9.19 Å². The Kier molecular flexibility index (Phi) is 5.48. The van der Waals surface area contributed by atoms with E-state index in [4.69, 9.17) is 4.74 Å². The van der Waals surface area contributed by atoms with E-state index in [2.05, 4.69) is 10.1 Å². The third kappa shape index (κ3) is 3.90. The minimum absolute atomic E-state index is 0.0289. The highest BCUT2D eigenvalue weighted by Crippen LogP contribution is 2.28. The lowest BCUT2D eigenvalue weighted by atomic mass is 10.2. The van der Waals surface area contributed by atoms with Crippen molar-refractivity contribution in [2.75, 3.05) is 21.2 Å². The molecule has 3 aromatic rings. The van der Waals surface area contributed by atoms with Gasteiger partial charge in [0, 0.05) is 14.1 Å². The molecule has 8 nitrogen and oxygen atoms in total. The molecule has 3 rings (SSSR count). The number of benzene rings is 2. The van der Waals surface area contributed by atoms with E-state index < -0.39 is 10.2 Å². The molecule has 0 unspecified atom stereocenters. The summed E-state index contributed by atoms with van der Waals surface area (Å²) in [6, 6.07) is 13.7. The molecule has 0 amide bonds. The van der Waals surface area contributed by atoms with Gasteiger partial charge in [-0.1, -0.05) is 30.3 Å². The van der Waals surface area contributed by atoms with Crippen molar-refractivity contribution in [1.82, 2.24) is 18.5 Å². The zero-order valence-electron chi connectivity index (χ0n) is 15.6. The lowest BCUT2D eigenvalue weighted by Gasteiger charge is -2.12. The summed E-state index contributed by atoms with van der Waals surface area (Å²) in [5.41, 5.74) is 1.14. The molecule has 0 atom stereocenters. The number of hydrogen-bond acceptors (Lipinski definition) is 6. The number of methoxy groups -OCH3 is 1. The molecule has 146 valence electrons. The molecule has 1 aromatic heterocycles. The maximum atomic E-state index is 12.7. The molecule has 0 aliphatic heterocycles. The van der Waals surface area contributed by atoms with Crippen molar-refractivity contribution in [3.63, 3.8) is 0 Å². The van der Waals surface area contributed by atoms with E-state index in [-0.39, 0.29) is 23.0 Å². The van der Waals surface area contributed by atoms with Crippen LogP contribution in [-0.2, 0) is 10.2 Å². The third-order valence-corrected chi connectivity index (χ3v) is 5.58. The maximum absolute atomic E-state index is 12.7. The minimum atomic E-state index is -3.93. The molecule has 9 heteroatoms. The fraction of sp³-hybridized carbons (Fsp3) is 0.158. The topological polar surface area (TPSA) is 97.5 Å². The molecular weight excluding hydrogens is 380 g/mol. The predicted octanol–water partition coefficient (Wildman–Crippen LogP) is 2.48. The highest BCUT2D eigenvalue weighted by atomic mass is 32.2. The number of nitrogens with zero attached hydrogens (tertiary/aromatic N) is 4. The van der Waals surface area contributed by atoms with Crippen LogP contribution in [0.25, 0.3) is 23.5 Å². The van der Waals surface area contributed by atoms with Crippen molar-refractivity contribution in [2.45, 2.75) is 0 Å². The summed E-state index contributed by atoms with van der Waals surface area (Å²) in [7, 11) is 0.464. The van der Waals surface area contributed by atoms with Gasteiger partial charge in [0.05, 0.1) is 12.7 Å². The first kappa shape index (κ1) is 19.6. The van der Waals surface area contributed by atoms with E-state index >= 15 is 0 Å². The van der Waals surface area contributed by atoms with Crippen LogP contribution in [0.15, 0.2) is 48.5 Å². The molecule has 0 spiro atoms. The van der Waals surface area contributed by atoms with Gasteiger partial charge >= 0.3 is 10.2 Å². The Morgan fingerprint density at radius 1 is 1.07 bits per heavy atom. The van der Waals surface area contributed by atoms with Crippen LogP contribution >= 0.6 is 0 Å². The van der Waals surface area contributed by atoms with Crippen molar-refractivity contribution in [3.8, 4) is 22.9 Å². The lowest BCUT2D eigenvalue weighted by molar-refractivity contribution is 0.415. The van der Waals surface area contributed by atoms with Crippen LogP contribution in [0.4, 0.5) is 0 Å². The molecule has 0 fully saturated rings. The number of hydrogen-bond donors (Lipinski definition) is 1. The summed E-state index contributed by atoms with van der Waals surface area (Å²) in [5.74, 6) is 0.870. The quantitative estimate of drug-likeness (QED) is 0.683. The van der Waals surface area contributed by atoms with Gasteiger partial charge in [-0.2, -0.15) is 12.7 Å². The summed E-state index contributed by atoms with van der Waals surface area (Å²) < 4.78 is 32.3. The van der Waals surface area contributed by atoms with E-state index in [9.17, 15) is 13.5 Å². The number of phenols is 1. The van der Waals surface area contributed by atoms with Crippen molar-refractivity contribution in [2.24, 2.45) is 0 Å². The normalized spacial score (nSPS) is 12.0. The van der Waals surface area contributed by atoms with E-state index in [1.807, 2.05) is 24.3 Å². The Labute approximate surface area is 163 Å². The van der Waals surface area contributed by atoms with Crippen molar-refractivity contribution >= 4 is 22.4 Å². The summed E-state index contributed by atoms with van der Waals surface area (Å²) >= 11 is 0. The predicted molar refractivity (Wildman–Crippen MR) is 107 cm³/mol. The molecule has 0 bridgehead atoms. The second-order valence-electron chi connectivity index (χ2n) is 6.05. The fourth-order valence-electron chi connectivity index (χ4n) is 2.41. The summed E-state index contributed by atoms with van der Waals surface area (Å²) in [5, 5.41) is 14.3. The van der Waals surface area contributed by atoms with Gasteiger partial charge in [0.15, 0.2) is 11.6 Å². The lowest BCUT2D eigenvalue weighted by Crippen LogP contribution is -2.30. The van der Waals surface area contributed by atoms with Crippen LogP contribution in [-0.4, -0.2) is 53.2 Å². The molecule has 1 heterocycles. The van der Waals surface area contributed by atoms with Crippen LogP contribution in [0.1, 0.15) is 11.4 Å². The Balaban J connectivity index is 2.06. The number of aromatic hydroxyl groups is 1. The number of ether oxygens (including phenoxy) is 1. The van der Waals surface area contributed by atoms with Gasteiger partial charge in [-0.3, -0.25) is 0 Å². The third-order valence-electron chi connectivity index (χ3n) is 3.96. The number of aromatic nitrogens is 3. The molecule has 0 aliphatic rings. The first-order chi connectivity index (χ1) is 13.3. The van der Waals surface area contributed by atoms with Crippen molar-refractivity contribution in [3.05, 3.63) is 59.9 Å². The number of para-hydroxylation sites is 1. The molecule has 0 aliphatic carbocycles. The molecular formula is C19H20N4O4S. The van der Waals surface area contributed by atoms with Crippen LogP contribution in [0.3, 0.4) is 0 Å². The highest BCUT2D eigenvalue weighted by molar-refractivity contribution is 7.87. The van der Waals surface area contributed by atoms with Gasteiger partial charge in [0.1, 0.15) is 11.5 Å². The van der Waals surface area contributed by atoms with Gasteiger partial charge < -0.3 is 9.84 Å². The molecule has 2 aromatic carbocycles. The van der Waals surface area contributed by atoms with Gasteiger partial charge in [-0.25, -0.2) is 4.98 Å². The van der Waals surface area contributed by atoms with E-state index in [0.29, 0.717) is 0 Å². The largest absolute Gasteiger partial charge is 0.507 e. The Morgan fingerprint density at radius 2 is 1.75 bits per heavy atom. The number of phenolic OH excluding ortho intramolecular Hbond substituents is 1. The number of rotatable bonds is 6. The minimum Gasteiger partial charge on any atom is -0.507 e.